The highest BCUT2D eigenvalue weighted by Crippen LogP contribution is 2.40. The molecule has 45 heavy (non-hydrogen) atoms. The molecule has 1 aliphatic carbocycles. The zero-order valence-electron chi connectivity index (χ0n) is 26.0. The number of rotatable bonds is 6. The number of carbonyl (C=O) groups excluding carboxylic acids is 3. The van der Waals surface area contributed by atoms with Gasteiger partial charge in [0.25, 0.3) is 11.8 Å². The SMILES string of the molecule is COc1cc(C(=O)N[C@@H]2CN(C(=O)OC(C)(C)C)C[C@H]2O)ccc1Nc1ncc2c(n1)N(C1CCCC1)CC(F)(F)C(=O)N2C. The van der Waals surface area contributed by atoms with Gasteiger partial charge in [-0.15, -0.1) is 0 Å². The van der Waals surface area contributed by atoms with Crippen molar-refractivity contribution in [2.24, 2.45) is 0 Å². The van der Waals surface area contributed by atoms with E-state index in [0.29, 0.717) is 18.5 Å². The first-order valence-corrected chi connectivity index (χ1v) is 14.9. The third kappa shape index (κ3) is 6.87. The molecular formula is C30H39F2N7O6. The zero-order valence-corrected chi connectivity index (χ0v) is 26.0. The highest BCUT2D eigenvalue weighted by atomic mass is 19.3. The Morgan fingerprint density at radius 3 is 2.53 bits per heavy atom. The van der Waals surface area contributed by atoms with Gasteiger partial charge in [-0.05, 0) is 51.8 Å². The Balaban J connectivity index is 1.33. The van der Waals surface area contributed by atoms with Gasteiger partial charge in [0.2, 0.25) is 5.95 Å². The lowest BCUT2D eigenvalue weighted by molar-refractivity contribution is -0.140. The smallest absolute Gasteiger partial charge is 0.410 e. The number of halogens is 2. The summed E-state index contributed by atoms with van der Waals surface area (Å²) in [5, 5.41) is 16.3. The van der Waals surface area contributed by atoms with Crippen molar-refractivity contribution in [3.05, 3.63) is 30.0 Å². The first kappa shape index (κ1) is 32.1. The molecule has 3 aliphatic rings. The minimum absolute atomic E-state index is 0.0204. The molecule has 3 amide bonds. The van der Waals surface area contributed by atoms with E-state index >= 15 is 0 Å². The molecule has 2 atom stereocenters. The number of aliphatic hydroxyl groups excluding tert-OH is 1. The minimum Gasteiger partial charge on any atom is -0.495 e. The summed E-state index contributed by atoms with van der Waals surface area (Å²) in [7, 11) is 2.71. The van der Waals surface area contributed by atoms with Gasteiger partial charge < -0.3 is 39.9 Å². The van der Waals surface area contributed by atoms with Gasteiger partial charge in [0.1, 0.15) is 17.0 Å². The van der Waals surface area contributed by atoms with Crippen molar-refractivity contribution in [3.8, 4) is 5.75 Å². The van der Waals surface area contributed by atoms with Gasteiger partial charge in [0.15, 0.2) is 5.82 Å². The molecule has 13 nitrogen and oxygen atoms in total. The Kier molecular flexibility index (Phi) is 8.75. The molecule has 2 aliphatic heterocycles. The van der Waals surface area contributed by atoms with Crippen LogP contribution in [0.4, 0.5) is 36.7 Å². The van der Waals surface area contributed by atoms with Gasteiger partial charge >= 0.3 is 12.0 Å². The average molecular weight is 632 g/mol. The Labute approximate surface area is 259 Å². The van der Waals surface area contributed by atoms with Crippen molar-refractivity contribution in [1.29, 1.82) is 0 Å². The van der Waals surface area contributed by atoms with Crippen LogP contribution in [-0.2, 0) is 9.53 Å². The van der Waals surface area contributed by atoms with Crippen molar-refractivity contribution >= 4 is 41.0 Å². The topological polar surface area (TPSA) is 149 Å². The Morgan fingerprint density at radius 2 is 1.87 bits per heavy atom. The highest BCUT2D eigenvalue weighted by Gasteiger charge is 2.49. The number of ether oxygens (including phenoxy) is 2. The van der Waals surface area contributed by atoms with Crippen LogP contribution in [0.1, 0.15) is 56.8 Å². The van der Waals surface area contributed by atoms with E-state index in [9.17, 15) is 28.3 Å². The van der Waals surface area contributed by atoms with Crippen LogP contribution in [-0.4, -0.2) is 101 Å². The summed E-state index contributed by atoms with van der Waals surface area (Å²) in [5.41, 5.74) is 0.131. The van der Waals surface area contributed by atoms with Crippen molar-refractivity contribution < 1.29 is 37.7 Å². The van der Waals surface area contributed by atoms with Crippen LogP contribution in [0.25, 0.3) is 0 Å². The third-order valence-electron chi connectivity index (χ3n) is 8.10. The summed E-state index contributed by atoms with van der Waals surface area (Å²) in [6.45, 7) is 4.56. The number of aliphatic hydroxyl groups is 1. The lowest BCUT2D eigenvalue weighted by Gasteiger charge is -2.31. The van der Waals surface area contributed by atoms with Crippen LogP contribution in [0.2, 0.25) is 0 Å². The van der Waals surface area contributed by atoms with E-state index in [2.05, 4.69) is 20.6 Å². The van der Waals surface area contributed by atoms with E-state index in [0.717, 1.165) is 17.7 Å². The summed E-state index contributed by atoms with van der Waals surface area (Å²) in [4.78, 5) is 50.7. The second kappa shape index (κ2) is 12.3. The molecule has 5 rings (SSSR count). The van der Waals surface area contributed by atoms with E-state index in [4.69, 9.17) is 9.47 Å². The molecule has 244 valence electrons. The fraction of sp³-hybridized carbons (Fsp3) is 0.567. The molecule has 0 unspecified atom stereocenters. The van der Waals surface area contributed by atoms with Gasteiger partial charge in [-0.2, -0.15) is 13.8 Å². The largest absolute Gasteiger partial charge is 0.495 e. The number of methoxy groups -OCH3 is 1. The second-order valence-electron chi connectivity index (χ2n) is 12.6. The number of carbonyl (C=O) groups is 3. The molecule has 3 N–H and O–H groups in total. The van der Waals surface area contributed by atoms with E-state index < -0.39 is 48.1 Å². The van der Waals surface area contributed by atoms with Crippen LogP contribution >= 0.6 is 0 Å². The number of aromatic nitrogens is 2. The minimum atomic E-state index is -3.59. The fourth-order valence-corrected chi connectivity index (χ4v) is 5.82. The maximum absolute atomic E-state index is 14.9. The first-order valence-electron chi connectivity index (χ1n) is 14.9. The number of alkyl halides is 2. The maximum Gasteiger partial charge on any atom is 0.410 e. The van der Waals surface area contributed by atoms with Gasteiger partial charge in [0.05, 0.1) is 44.2 Å². The number of benzene rings is 1. The normalized spacial score (nSPS) is 21.8. The maximum atomic E-state index is 14.9. The Hall–Kier alpha value is -4.27. The molecule has 0 bridgehead atoms. The number of anilines is 4. The average Bonchev–Trinajstić information content (AvgIpc) is 3.63. The Morgan fingerprint density at radius 1 is 1.16 bits per heavy atom. The van der Waals surface area contributed by atoms with Gasteiger partial charge in [0, 0.05) is 25.2 Å². The van der Waals surface area contributed by atoms with Gasteiger partial charge in [-0.25, -0.2) is 9.78 Å². The molecule has 3 heterocycles. The molecular weight excluding hydrogens is 592 g/mol. The van der Waals surface area contributed by atoms with Crippen molar-refractivity contribution in [2.75, 3.05) is 48.9 Å². The van der Waals surface area contributed by atoms with Gasteiger partial charge in [-0.1, -0.05) is 12.8 Å². The lowest BCUT2D eigenvalue weighted by Crippen LogP contribution is -2.48. The predicted octanol–water partition coefficient (Wildman–Crippen LogP) is 3.30. The lowest BCUT2D eigenvalue weighted by atomic mass is 10.1. The number of nitrogens with zero attached hydrogens (tertiary/aromatic N) is 5. The zero-order chi connectivity index (χ0) is 32.7. The van der Waals surface area contributed by atoms with Gasteiger partial charge in [-0.3, -0.25) is 9.59 Å². The summed E-state index contributed by atoms with van der Waals surface area (Å²) in [5.74, 6) is -4.79. The number of fused-ring (bicyclic) bond motifs is 1. The van der Waals surface area contributed by atoms with E-state index in [1.807, 2.05) is 0 Å². The summed E-state index contributed by atoms with van der Waals surface area (Å²) in [6, 6.07) is 3.72. The van der Waals surface area contributed by atoms with Crippen molar-refractivity contribution in [3.63, 3.8) is 0 Å². The summed E-state index contributed by atoms with van der Waals surface area (Å²) >= 11 is 0. The highest BCUT2D eigenvalue weighted by molar-refractivity contribution is 6.02. The number of likely N-dealkylation sites (tertiary alicyclic amines) is 1. The molecule has 2 fully saturated rings. The molecule has 2 aromatic rings. The Bertz CT molecular complexity index is 1460. The number of hydrogen-bond acceptors (Lipinski definition) is 10. The third-order valence-corrected chi connectivity index (χ3v) is 8.10. The standard InChI is InChI=1S/C30H39F2N7O6/c1-29(2,3)45-28(43)38-14-20(22(40)15-38)34-25(41)17-10-11-19(23(12-17)44-5)35-27-33-13-21-24(36-27)39(18-8-6-7-9-18)16-30(31,32)26(42)37(21)4/h10-13,18,20,22,40H,6-9,14-16H2,1-5H3,(H,34,41)(H,33,35,36)/t20-,22-/m1/s1. The number of nitrogens with one attached hydrogen (secondary N) is 2. The molecule has 1 saturated heterocycles. The quantitative estimate of drug-likeness (QED) is 0.434. The van der Waals surface area contributed by atoms with E-state index in [-0.39, 0.29) is 47.9 Å². The molecule has 0 radical (unpaired) electrons. The number of amides is 3. The van der Waals surface area contributed by atoms with Crippen LogP contribution in [0.3, 0.4) is 0 Å². The van der Waals surface area contributed by atoms with Crippen LogP contribution in [0.5, 0.6) is 5.75 Å². The molecule has 1 aromatic carbocycles. The van der Waals surface area contributed by atoms with Crippen molar-refractivity contribution in [2.45, 2.75) is 76.2 Å². The monoisotopic (exact) mass is 631 g/mol. The van der Waals surface area contributed by atoms with Crippen molar-refractivity contribution in [1.82, 2.24) is 20.2 Å². The number of hydrogen-bond donors (Lipinski definition) is 3. The molecule has 0 spiro atoms. The first-order chi connectivity index (χ1) is 21.2. The summed E-state index contributed by atoms with van der Waals surface area (Å²) < 4.78 is 40.7. The van der Waals surface area contributed by atoms with E-state index in [1.165, 1.54) is 42.3 Å². The number of β-amino-alcohol motifs (C(OH)–C–C–N with tert-alkyl or cyclic N) is 1. The van der Waals surface area contributed by atoms with E-state index in [1.54, 1.807) is 26.8 Å². The van der Waals surface area contributed by atoms with Crippen LogP contribution in [0, 0.1) is 0 Å². The molecule has 1 aromatic heterocycles. The van der Waals surface area contributed by atoms with Crippen LogP contribution in [0.15, 0.2) is 24.4 Å². The predicted molar refractivity (Wildman–Crippen MR) is 161 cm³/mol. The molecule has 1 saturated carbocycles. The summed E-state index contributed by atoms with van der Waals surface area (Å²) in [6.07, 6.45) is 3.03. The van der Waals surface area contributed by atoms with Crippen LogP contribution < -0.4 is 25.2 Å². The molecule has 15 heteroatoms. The second-order valence-corrected chi connectivity index (χ2v) is 12.6. The fourth-order valence-electron chi connectivity index (χ4n) is 5.82.